The highest BCUT2D eigenvalue weighted by molar-refractivity contribution is 6.01. The van der Waals surface area contributed by atoms with E-state index in [1.165, 1.54) is 0 Å². The van der Waals surface area contributed by atoms with Gasteiger partial charge in [-0.15, -0.1) is 0 Å². The number of Topliss-reactive ketones (excluding diaryl/α,β-unsaturated/α-hetero) is 1. The van der Waals surface area contributed by atoms with Crippen molar-refractivity contribution in [3.8, 4) is 5.75 Å². The molecular weight excluding hydrogens is 281 g/mol. The Morgan fingerprint density at radius 2 is 1.24 bits per heavy atom. The van der Waals surface area contributed by atoms with E-state index in [0.29, 0.717) is 11.1 Å². The third-order valence-electron chi connectivity index (χ3n) is 3.25. The number of hydrogen-bond donors (Lipinski definition) is 1. The zero-order valence-corrected chi connectivity index (χ0v) is 13.1. The van der Waals surface area contributed by atoms with Crippen molar-refractivity contribution in [2.24, 2.45) is 0 Å². The molecule has 0 spiro atoms. The molecule has 0 radical (unpaired) electrons. The minimum absolute atomic E-state index is 0.0475. The van der Waals surface area contributed by atoms with Crippen LogP contribution in [0.1, 0.15) is 63.0 Å². The summed E-state index contributed by atoms with van der Waals surface area (Å²) < 4.78 is 38.0. The zero-order valence-electron chi connectivity index (χ0n) is 13.1. The Bertz CT molecular complexity index is 523. The van der Waals surface area contributed by atoms with Crippen LogP contribution in [0.3, 0.4) is 0 Å². The van der Waals surface area contributed by atoms with Gasteiger partial charge in [0.05, 0.1) is 0 Å². The van der Waals surface area contributed by atoms with Gasteiger partial charge in [0.1, 0.15) is 5.75 Å². The van der Waals surface area contributed by atoms with Crippen LogP contribution in [-0.2, 0) is 10.8 Å². The molecule has 0 saturated heterocycles. The van der Waals surface area contributed by atoms with E-state index in [1.54, 1.807) is 41.5 Å². The number of carbonyl (C=O) groups is 1. The molecule has 0 atom stereocenters. The van der Waals surface area contributed by atoms with E-state index < -0.39 is 28.4 Å². The van der Waals surface area contributed by atoms with Gasteiger partial charge in [-0.25, -0.2) is 0 Å². The molecule has 0 bridgehead atoms. The number of halogens is 3. The Morgan fingerprint density at radius 3 is 1.48 bits per heavy atom. The van der Waals surface area contributed by atoms with E-state index >= 15 is 0 Å². The molecule has 5 heteroatoms. The average Bonchev–Trinajstić information content (AvgIpc) is 2.23. The van der Waals surface area contributed by atoms with E-state index in [2.05, 4.69) is 0 Å². The fourth-order valence-corrected chi connectivity index (χ4v) is 2.07. The number of phenols is 1. The topological polar surface area (TPSA) is 37.3 Å². The van der Waals surface area contributed by atoms with Crippen molar-refractivity contribution < 1.29 is 23.1 Å². The van der Waals surface area contributed by atoms with Gasteiger partial charge in [0.2, 0.25) is 0 Å². The Balaban J connectivity index is 3.68. The van der Waals surface area contributed by atoms with Gasteiger partial charge in [-0.2, -0.15) is 13.2 Å². The van der Waals surface area contributed by atoms with E-state index in [0.717, 1.165) is 12.1 Å². The molecule has 1 aromatic carbocycles. The SMILES string of the molecule is CC(C)(C)c1cc(C(=O)C(F)(F)F)cc(C(C)(C)C)c1O. The van der Waals surface area contributed by atoms with Gasteiger partial charge in [-0.05, 0) is 23.0 Å². The van der Waals surface area contributed by atoms with Crippen molar-refractivity contribution in [2.75, 3.05) is 0 Å². The van der Waals surface area contributed by atoms with Gasteiger partial charge < -0.3 is 5.11 Å². The van der Waals surface area contributed by atoms with Crippen LogP contribution in [0.25, 0.3) is 0 Å². The van der Waals surface area contributed by atoms with Crippen LogP contribution in [0.5, 0.6) is 5.75 Å². The van der Waals surface area contributed by atoms with Crippen molar-refractivity contribution >= 4 is 5.78 Å². The standard InChI is InChI=1S/C16H21F3O2/c1-14(2,3)10-7-9(13(21)16(17,18)19)8-11(12(10)20)15(4,5)6/h7-8,20H,1-6H3. The number of aromatic hydroxyl groups is 1. The number of ketones is 1. The van der Waals surface area contributed by atoms with Crippen LogP contribution < -0.4 is 0 Å². The van der Waals surface area contributed by atoms with Crippen LogP contribution in [-0.4, -0.2) is 17.1 Å². The molecule has 21 heavy (non-hydrogen) atoms. The summed E-state index contributed by atoms with van der Waals surface area (Å²) in [4.78, 5) is 11.5. The first-order valence-corrected chi connectivity index (χ1v) is 6.65. The lowest BCUT2D eigenvalue weighted by atomic mass is 9.78. The van der Waals surface area contributed by atoms with Gasteiger partial charge in [-0.3, -0.25) is 4.79 Å². The largest absolute Gasteiger partial charge is 0.507 e. The fourth-order valence-electron chi connectivity index (χ4n) is 2.07. The first-order valence-electron chi connectivity index (χ1n) is 6.65. The maximum Gasteiger partial charge on any atom is 0.454 e. The number of alkyl halides is 3. The van der Waals surface area contributed by atoms with Crippen molar-refractivity contribution in [1.82, 2.24) is 0 Å². The second-order valence-electron chi connectivity index (χ2n) is 7.25. The summed E-state index contributed by atoms with van der Waals surface area (Å²) in [7, 11) is 0. The summed E-state index contributed by atoms with van der Waals surface area (Å²) in [5.41, 5.74) is -0.919. The van der Waals surface area contributed by atoms with Gasteiger partial charge in [-0.1, -0.05) is 41.5 Å². The molecule has 118 valence electrons. The Morgan fingerprint density at radius 1 is 0.905 bits per heavy atom. The van der Waals surface area contributed by atoms with Crippen LogP contribution in [0.2, 0.25) is 0 Å². The van der Waals surface area contributed by atoms with E-state index in [4.69, 9.17) is 0 Å². The molecule has 1 aromatic rings. The van der Waals surface area contributed by atoms with Gasteiger partial charge in [0.25, 0.3) is 5.78 Å². The molecule has 0 fully saturated rings. The number of hydrogen-bond acceptors (Lipinski definition) is 2. The van der Waals surface area contributed by atoms with Crippen LogP contribution >= 0.6 is 0 Å². The summed E-state index contributed by atoms with van der Waals surface area (Å²) >= 11 is 0. The number of carbonyl (C=O) groups excluding carboxylic acids is 1. The lowest BCUT2D eigenvalue weighted by molar-refractivity contribution is -0.0885. The third-order valence-corrected chi connectivity index (χ3v) is 3.25. The molecule has 0 saturated carbocycles. The van der Waals surface area contributed by atoms with E-state index in [-0.39, 0.29) is 5.75 Å². The zero-order chi connectivity index (χ0) is 16.8. The molecule has 0 aliphatic rings. The summed E-state index contributed by atoms with van der Waals surface area (Å²) in [6.07, 6.45) is -4.93. The molecule has 0 heterocycles. The molecule has 0 aliphatic carbocycles. The van der Waals surface area contributed by atoms with Crippen molar-refractivity contribution in [3.05, 3.63) is 28.8 Å². The Labute approximate surface area is 123 Å². The normalized spacial score (nSPS) is 13.4. The monoisotopic (exact) mass is 302 g/mol. The fraction of sp³-hybridized carbons (Fsp3) is 0.562. The highest BCUT2D eigenvalue weighted by atomic mass is 19.4. The molecule has 0 aromatic heterocycles. The molecule has 2 nitrogen and oxygen atoms in total. The number of benzene rings is 1. The van der Waals surface area contributed by atoms with E-state index in [9.17, 15) is 23.1 Å². The molecule has 1 N–H and O–H groups in total. The van der Waals surface area contributed by atoms with Crippen molar-refractivity contribution in [3.63, 3.8) is 0 Å². The van der Waals surface area contributed by atoms with Crippen LogP contribution in [0.15, 0.2) is 12.1 Å². The third kappa shape index (κ3) is 3.77. The quantitative estimate of drug-likeness (QED) is 0.761. The highest BCUT2D eigenvalue weighted by Gasteiger charge is 2.40. The van der Waals surface area contributed by atoms with Crippen molar-refractivity contribution in [2.45, 2.75) is 58.5 Å². The Hall–Kier alpha value is -1.52. The van der Waals surface area contributed by atoms with Crippen molar-refractivity contribution in [1.29, 1.82) is 0 Å². The van der Waals surface area contributed by atoms with Gasteiger partial charge in [0, 0.05) is 16.7 Å². The number of phenolic OH excluding ortho intramolecular Hbond substituents is 1. The van der Waals surface area contributed by atoms with Crippen LogP contribution in [0.4, 0.5) is 13.2 Å². The molecule has 0 unspecified atom stereocenters. The van der Waals surface area contributed by atoms with Gasteiger partial charge in [0.15, 0.2) is 0 Å². The lowest BCUT2D eigenvalue weighted by Gasteiger charge is -2.28. The van der Waals surface area contributed by atoms with E-state index in [1.807, 2.05) is 0 Å². The average molecular weight is 302 g/mol. The smallest absolute Gasteiger partial charge is 0.454 e. The number of rotatable bonds is 1. The molecule has 0 aliphatic heterocycles. The van der Waals surface area contributed by atoms with Crippen LogP contribution in [0, 0.1) is 0 Å². The minimum Gasteiger partial charge on any atom is -0.507 e. The van der Waals surface area contributed by atoms with Gasteiger partial charge >= 0.3 is 6.18 Å². The predicted molar refractivity (Wildman–Crippen MR) is 75.9 cm³/mol. The second-order valence-corrected chi connectivity index (χ2v) is 7.25. The molecular formula is C16H21F3O2. The lowest BCUT2D eigenvalue weighted by Crippen LogP contribution is -2.25. The second kappa shape index (κ2) is 5.04. The first kappa shape index (κ1) is 17.5. The Kier molecular flexibility index (Phi) is 4.21. The molecule has 1 rings (SSSR count). The summed E-state index contributed by atoms with van der Waals surface area (Å²) in [5, 5.41) is 10.4. The highest BCUT2D eigenvalue weighted by Crippen LogP contribution is 2.40. The minimum atomic E-state index is -4.93. The first-order chi connectivity index (χ1) is 9.15. The summed E-state index contributed by atoms with van der Waals surface area (Å²) in [5.74, 6) is -1.94. The predicted octanol–water partition coefficient (Wildman–Crippen LogP) is 4.73. The summed E-state index contributed by atoms with van der Waals surface area (Å²) in [6.45, 7) is 10.6. The molecule has 0 amide bonds. The summed E-state index contributed by atoms with van der Waals surface area (Å²) in [6, 6.07) is 2.28. The maximum atomic E-state index is 12.7. The maximum absolute atomic E-state index is 12.7.